The smallest absolute Gasteiger partial charge is 0.258 e. The number of amides is 2. The molecule has 5 atom stereocenters. The van der Waals surface area contributed by atoms with Crippen LogP contribution in [0.3, 0.4) is 0 Å². The number of fused-ring (bicyclic) bond motifs is 1. The van der Waals surface area contributed by atoms with Gasteiger partial charge in [-0.1, -0.05) is 29.8 Å². The van der Waals surface area contributed by atoms with Crippen molar-refractivity contribution in [3.05, 3.63) is 75.9 Å². The Kier molecular flexibility index (Phi) is 8.67. The Bertz CT molecular complexity index is 1510. The Hall–Kier alpha value is -3.74. The minimum Gasteiger partial charge on any atom is -0.394 e. The third kappa shape index (κ3) is 5.92. The first-order valence-corrected chi connectivity index (χ1v) is 13.9. The molecule has 4 N–H and O–H groups in total. The highest BCUT2D eigenvalue weighted by Gasteiger charge is 2.38. The van der Waals surface area contributed by atoms with Crippen molar-refractivity contribution in [1.29, 1.82) is 0 Å². The van der Waals surface area contributed by atoms with Crippen LogP contribution in [0.4, 0.5) is 19.1 Å². The predicted molar refractivity (Wildman–Crippen MR) is 148 cm³/mol. The van der Waals surface area contributed by atoms with Crippen LogP contribution in [0.2, 0.25) is 5.02 Å². The van der Waals surface area contributed by atoms with Crippen molar-refractivity contribution in [2.45, 2.75) is 63.1 Å². The van der Waals surface area contributed by atoms with Gasteiger partial charge in [0.05, 0.1) is 30.5 Å². The molecule has 1 aromatic heterocycles. The fourth-order valence-electron chi connectivity index (χ4n) is 5.30. The molecule has 9 nitrogen and oxygen atoms in total. The molecule has 13 heteroatoms. The van der Waals surface area contributed by atoms with Crippen LogP contribution in [-0.4, -0.2) is 67.9 Å². The molecule has 2 aromatic carbocycles. The standard InChI is InChI=1S/C29H29ClF3N5O4/c1-14(27(41)36-22(13-39)15-3-2-4-17(30)9-15)38-12-16-5-7-19(25(33)24(16)28(38)42)26-21(32)11-34-29(37-26)35-18-6-8-23(40)20(31)10-18/h2-5,7,9,11,14,18,20,22-23,39-40H,6,8,10,12-13H2,1H3,(H,36,41)(H,34,35,37)/t14-,18?,20+,22-,23+/m1/s1. The molecule has 5 rings (SSSR count). The Morgan fingerprint density at radius 1 is 1.24 bits per heavy atom. The second-order valence-electron chi connectivity index (χ2n) is 10.5. The lowest BCUT2D eigenvalue weighted by Gasteiger charge is -2.29. The topological polar surface area (TPSA) is 128 Å². The van der Waals surface area contributed by atoms with Crippen molar-refractivity contribution in [1.82, 2.24) is 20.2 Å². The van der Waals surface area contributed by atoms with E-state index in [1.807, 2.05) is 0 Å². The van der Waals surface area contributed by atoms with Crippen molar-refractivity contribution in [2.24, 2.45) is 0 Å². The normalized spacial score (nSPS) is 21.5. The minimum absolute atomic E-state index is 0.0126. The highest BCUT2D eigenvalue weighted by atomic mass is 35.5. The van der Waals surface area contributed by atoms with Crippen molar-refractivity contribution in [3.63, 3.8) is 0 Å². The van der Waals surface area contributed by atoms with Gasteiger partial charge in [0, 0.05) is 29.6 Å². The number of hydrogen-bond acceptors (Lipinski definition) is 7. The van der Waals surface area contributed by atoms with E-state index in [0.717, 1.165) is 6.20 Å². The average molecular weight is 604 g/mol. The van der Waals surface area contributed by atoms with E-state index >= 15 is 4.39 Å². The number of alkyl halides is 1. The van der Waals surface area contributed by atoms with Crippen LogP contribution in [0.25, 0.3) is 11.3 Å². The second-order valence-corrected chi connectivity index (χ2v) is 10.9. The molecule has 3 aromatic rings. The lowest BCUT2D eigenvalue weighted by Crippen LogP contribution is -2.46. The van der Waals surface area contributed by atoms with Gasteiger partial charge in [-0.2, -0.15) is 0 Å². The summed E-state index contributed by atoms with van der Waals surface area (Å²) in [6.45, 7) is 1.01. The second kappa shape index (κ2) is 12.2. The minimum atomic E-state index is -1.42. The monoisotopic (exact) mass is 603 g/mol. The van der Waals surface area contributed by atoms with Crippen LogP contribution in [0, 0.1) is 11.6 Å². The number of carbonyl (C=O) groups is 2. The number of aliphatic hydroxyl groups is 2. The van der Waals surface area contributed by atoms with Crippen molar-refractivity contribution in [2.75, 3.05) is 11.9 Å². The molecule has 2 heterocycles. The average Bonchev–Trinajstić information content (AvgIpc) is 3.31. The zero-order valence-corrected chi connectivity index (χ0v) is 23.3. The van der Waals surface area contributed by atoms with Gasteiger partial charge in [-0.05, 0) is 49.1 Å². The summed E-state index contributed by atoms with van der Waals surface area (Å²) >= 11 is 6.02. The molecule has 0 spiro atoms. The molecular formula is C29H29ClF3N5O4. The van der Waals surface area contributed by atoms with Gasteiger partial charge in [0.1, 0.15) is 23.7 Å². The highest BCUT2D eigenvalue weighted by molar-refractivity contribution is 6.30. The van der Waals surface area contributed by atoms with E-state index in [1.165, 1.54) is 24.0 Å². The van der Waals surface area contributed by atoms with E-state index in [1.54, 1.807) is 24.3 Å². The Balaban J connectivity index is 1.34. The van der Waals surface area contributed by atoms with E-state index in [0.29, 0.717) is 22.6 Å². The van der Waals surface area contributed by atoms with Crippen molar-refractivity contribution >= 4 is 29.4 Å². The Morgan fingerprint density at radius 2 is 2.02 bits per heavy atom. The summed E-state index contributed by atoms with van der Waals surface area (Å²) in [7, 11) is 0. The van der Waals surface area contributed by atoms with Crippen molar-refractivity contribution in [3.8, 4) is 11.3 Å². The number of halogens is 4. The number of aromatic nitrogens is 2. The molecular weight excluding hydrogens is 575 g/mol. The molecule has 2 aliphatic rings. The summed E-state index contributed by atoms with van der Waals surface area (Å²) in [5.41, 5.74) is -0.0621. The molecule has 1 aliphatic carbocycles. The zero-order chi connectivity index (χ0) is 30.1. The van der Waals surface area contributed by atoms with Gasteiger partial charge in [-0.15, -0.1) is 0 Å². The van der Waals surface area contributed by atoms with Gasteiger partial charge in [0.15, 0.2) is 5.82 Å². The summed E-state index contributed by atoms with van der Waals surface area (Å²) in [5.74, 6) is -3.28. The SMILES string of the molecule is C[C@H](C(=O)N[C@H](CO)c1cccc(Cl)c1)N1Cc2ccc(-c3nc(NC4CC[C@H](O)[C@@H](F)C4)ncc3F)c(F)c2C1=O. The molecule has 0 bridgehead atoms. The first kappa shape index (κ1) is 29.7. The number of hydrogen-bond donors (Lipinski definition) is 4. The lowest BCUT2D eigenvalue weighted by molar-refractivity contribution is -0.126. The van der Waals surface area contributed by atoms with E-state index in [4.69, 9.17) is 11.6 Å². The molecule has 42 heavy (non-hydrogen) atoms. The largest absolute Gasteiger partial charge is 0.394 e. The Labute approximate surface area is 244 Å². The third-order valence-electron chi connectivity index (χ3n) is 7.71. The highest BCUT2D eigenvalue weighted by Crippen LogP contribution is 2.34. The molecule has 0 radical (unpaired) electrons. The summed E-state index contributed by atoms with van der Waals surface area (Å²) < 4.78 is 44.6. The number of benzene rings is 2. The summed E-state index contributed by atoms with van der Waals surface area (Å²) in [4.78, 5) is 35.6. The molecule has 1 saturated carbocycles. The first-order valence-electron chi connectivity index (χ1n) is 13.5. The predicted octanol–water partition coefficient (Wildman–Crippen LogP) is 3.93. The fraction of sp³-hybridized carbons (Fsp3) is 0.379. The summed E-state index contributed by atoms with van der Waals surface area (Å²) in [6.07, 6.45) is -0.909. The Morgan fingerprint density at radius 3 is 2.74 bits per heavy atom. The summed E-state index contributed by atoms with van der Waals surface area (Å²) in [6, 6.07) is 7.20. The van der Waals surface area contributed by atoms with Gasteiger partial charge >= 0.3 is 0 Å². The van der Waals surface area contributed by atoms with Crippen LogP contribution >= 0.6 is 11.6 Å². The number of nitrogens with one attached hydrogen (secondary N) is 2. The van der Waals surface area contributed by atoms with Crippen LogP contribution < -0.4 is 10.6 Å². The molecule has 1 fully saturated rings. The molecule has 222 valence electrons. The van der Waals surface area contributed by atoms with Crippen molar-refractivity contribution < 1.29 is 33.0 Å². The number of rotatable bonds is 8. The maximum absolute atomic E-state index is 15.8. The first-order chi connectivity index (χ1) is 20.1. The quantitative estimate of drug-likeness (QED) is 0.307. The van der Waals surface area contributed by atoms with E-state index in [-0.39, 0.29) is 42.2 Å². The lowest BCUT2D eigenvalue weighted by atomic mass is 9.91. The van der Waals surface area contributed by atoms with Gasteiger partial charge in [-0.25, -0.2) is 23.1 Å². The summed E-state index contributed by atoms with van der Waals surface area (Å²) in [5, 5.41) is 25.5. The number of aliphatic hydroxyl groups excluding tert-OH is 2. The van der Waals surface area contributed by atoms with Gasteiger partial charge in [-0.3, -0.25) is 9.59 Å². The maximum atomic E-state index is 15.8. The molecule has 0 saturated heterocycles. The molecule has 2 amide bonds. The van der Waals surface area contributed by atoms with Gasteiger partial charge in [0.2, 0.25) is 11.9 Å². The number of anilines is 1. The van der Waals surface area contributed by atoms with Crippen LogP contribution in [0.1, 0.15) is 53.7 Å². The maximum Gasteiger partial charge on any atom is 0.258 e. The third-order valence-corrected chi connectivity index (χ3v) is 7.95. The van der Waals surface area contributed by atoms with Gasteiger partial charge in [0.25, 0.3) is 5.91 Å². The van der Waals surface area contributed by atoms with Crippen LogP contribution in [0.5, 0.6) is 0 Å². The molecule has 1 aliphatic heterocycles. The van der Waals surface area contributed by atoms with E-state index < -0.39 is 60.5 Å². The van der Waals surface area contributed by atoms with Crippen LogP contribution in [-0.2, 0) is 11.3 Å². The van der Waals surface area contributed by atoms with Crippen LogP contribution in [0.15, 0.2) is 42.6 Å². The number of nitrogens with zero attached hydrogens (tertiary/aromatic N) is 3. The van der Waals surface area contributed by atoms with E-state index in [9.17, 15) is 28.6 Å². The fourth-order valence-corrected chi connectivity index (χ4v) is 5.50. The van der Waals surface area contributed by atoms with E-state index in [2.05, 4.69) is 20.6 Å². The zero-order valence-electron chi connectivity index (χ0n) is 22.5. The van der Waals surface area contributed by atoms with Gasteiger partial charge < -0.3 is 25.7 Å². The molecule has 1 unspecified atom stereocenters. The number of carbonyl (C=O) groups excluding carboxylic acids is 2.